The number of hydrogen-bond donors (Lipinski definition) is 0. The smallest absolute Gasteiger partial charge is 0.0696 e. The maximum atomic E-state index is 4.66. The fraction of sp³-hybridized carbons (Fsp3) is 1.00. The van der Waals surface area contributed by atoms with E-state index in [1.165, 1.54) is 0 Å². The third-order valence-corrected chi connectivity index (χ3v) is 0.492. The molecule has 0 saturated carbocycles. The maximum Gasteiger partial charge on any atom is 0.0696 e. The summed E-state index contributed by atoms with van der Waals surface area (Å²) in [5.74, 6) is 0. The predicted octanol–water partition coefficient (Wildman–Crippen LogP) is 2.33. The van der Waals surface area contributed by atoms with E-state index in [2.05, 4.69) is 9.47 Å². The van der Waals surface area contributed by atoms with Crippen molar-refractivity contribution in [3.05, 3.63) is 0 Å². The third kappa shape index (κ3) is 44.5. The monoisotopic (exact) mass is 150 g/mol. The zero-order chi connectivity index (χ0) is 8.83. The SMILES string of the molecule is CC.CC.COCCOC. The molecule has 0 aromatic rings. The number of hydrogen-bond acceptors (Lipinski definition) is 2. The molecule has 10 heavy (non-hydrogen) atoms. The molecular formula is C8H22O2. The van der Waals surface area contributed by atoms with E-state index >= 15 is 0 Å². The number of rotatable bonds is 3. The first-order valence-corrected chi connectivity index (χ1v) is 3.89. The Morgan fingerprint density at radius 1 is 0.700 bits per heavy atom. The van der Waals surface area contributed by atoms with E-state index in [-0.39, 0.29) is 0 Å². The standard InChI is InChI=1S/C4H10O2.2C2H6/c1-5-3-4-6-2;2*1-2/h3-4H2,1-2H3;2*1-2H3. The highest BCUT2D eigenvalue weighted by Gasteiger charge is 1.73. The van der Waals surface area contributed by atoms with Gasteiger partial charge in [-0.05, 0) is 0 Å². The zero-order valence-corrected chi connectivity index (χ0v) is 8.23. The Balaban J connectivity index is -0.000000105. The zero-order valence-electron chi connectivity index (χ0n) is 8.23. The summed E-state index contributed by atoms with van der Waals surface area (Å²) >= 11 is 0. The van der Waals surface area contributed by atoms with Crippen molar-refractivity contribution in [3.8, 4) is 0 Å². The molecule has 0 spiro atoms. The molecule has 0 unspecified atom stereocenters. The minimum Gasteiger partial charge on any atom is -0.382 e. The van der Waals surface area contributed by atoms with Gasteiger partial charge in [-0.15, -0.1) is 0 Å². The van der Waals surface area contributed by atoms with Crippen molar-refractivity contribution >= 4 is 0 Å². The molecule has 0 rings (SSSR count). The van der Waals surface area contributed by atoms with E-state index in [0.717, 1.165) is 0 Å². The van der Waals surface area contributed by atoms with Crippen LogP contribution in [0.2, 0.25) is 0 Å². The number of methoxy groups -OCH3 is 2. The van der Waals surface area contributed by atoms with Crippen LogP contribution in [0.15, 0.2) is 0 Å². The van der Waals surface area contributed by atoms with Crippen molar-refractivity contribution in [2.24, 2.45) is 0 Å². The lowest BCUT2D eigenvalue weighted by molar-refractivity contribution is 0.103. The largest absolute Gasteiger partial charge is 0.382 e. The van der Waals surface area contributed by atoms with Crippen LogP contribution in [-0.4, -0.2) is 27.4 Å². The van der Waals surface area contributed by atoms with Gasteiger partial charge >= 0.3 is 0 Å². The molecular weight excluding hydrogens is 128 g/mol. The van der Waals surface area contributed by atoms with Crippen molar-refractivity contribution in [1.82, 2.24) is 0 Å². The van der Waals surface area contributed by atoms with E-state index < -0.39 is 0 Å². The van der Waals surface area contributed by atoms with Crippen LogP contribution < -0.4 is 0 Å². The van der Waals surface area contributed by atoms with Crippen molar-refractivity contribution in [2.75, 3.05) is 27.4 Å². The van der Waals surface area contributed by atoms with Gasteiger partial charge in [-0.25, -0.2) is 0 Å². The summed E-state index contributed by atoms with van der Waals surface area (Å²) in [7, 11) is 3.30. The fourth-order valence-corrected chi connectivity index (χ4v) is 0.167. The van der Waals surface area contributed by atoms with Crippen molar-refractivity contribution < 1.29 is 9.47 Å². The summed E-state index contributed by atoms with van der Waals surface area (Å²) in [6.45, 7) is 9.38. The molecule has 0 atom stereocenters. The molecule has 0 radical (unpaired) electrons. The Labute approximate surface area is 65.5 Å². The molecule has 0 aromatic heterocycles. The Morgan fingerprint density at radius 2 is 0.900 bits per heavy atom. The second-order valence-electron chi connectivity index (χ2n) is 0.986. The first-order chi connectivity index (χ1) is 4.91. The first-order valence-electron chi connectivity index (χ1n) is 3.89. The summed E-state index contributed by atoms with van der Waals surface area (Å²) in [4.78, 5) is 0. The van der Waals surface area contributed by atoms with Crippen molar-refractivity contribution in [1.29, 1.82) is 0 Å². The molecule has 0 aliphatic heterocycles. The van der Waals surface area contributed by atoms with Gasteiger partial charge in [0.2, 0.25) is 0 Å². The van der Waals surface area contributed by atoms with Gasteiger partial charge in [0, 0.05) is 14.2 Å². The van der Waals surface area contributed by atoms with Gasteiger partial charge in [-0.2, -0.15) is 0 Å². The van der Waals surface area contributed by atoms with Gasteiger partial charge in [0.1, 0.15) is 0 Å². The van der Waals surface area contributed by atoms with Crippen LogP contribution in [0.4, 0.5) is 0 Å². The topological polar surface area (TPSA) is 18.5 Å². The third-order valence-electron chi connectivity index (χ3n) is 0.492. The molecule has 0 saturated heterocycles. The average Bonchev–Trinajstić information content (AvgIpc) is 2.08. The van der Waals surface area contributed by atoms with Gasteiger partial charge in [0.05, 0.1) is 13.2 Å². The highest BCUT2D eigenvalue weighted by atomic mass is 16.5. The summed E-state index contributed by atoms with van der Waals surface area (Å²) in [5.41, 5.74) is 0. The van der Waals surface area contributed by atoms with E-state index in [0.29, 0.717) is 13.2 Å². The normalized spacial score (nSPS) is 6.60. The molecule has 2 nitrogen and oxygen atoms in total. The predicted molar refractivity (Wildman–Crippen MR) is 46.4 cm³/mol. The van der Waals surface area contributed by atoms with Gasteiger partial charge < -0.3 is 9.47 Å². The minimum absolute atomic E-state index is 0.691. The quantitative estimate of drug-likeness (QED) is 0.575. The molecule has 0 bridgehead atoms. The molecule has 0 heterocycles. The van der Waals surface area contributed by atoms with Gasteiger partial charge in [0.25, 0.3) is 0 Å². The summed E-state index contributed by atoms with van der Waals surface area (Å²) in [6.07, 6.45) is 0. The molecule has 0 fully saturated rings. The highest BCUT2D eigenvalue weighted by molar-refractivity contribution is 4.17. The number of ether oxygens (including phenoxy) is 2. The van der Waals surface area contributed by atoms with E-state index in [4.69, 9.17) is 0 Å². The lowest BCUT2D eigenvalue weighted by Crippen LogP contribution is -1.96. The molecule has 2 heteroatoms. The van der Waals surface area contributed by atoms with Crippen LogP contribution in [0, 0.1) is 0 Å². The van der Waals surface area contributed by atoms with Gasteiger partial charge in [0.15, 0.2) is 0 Å². The van der Waals surface area contributed by atoms with Crippen LogP contribution >= 0.6 is 0 Å². The van der Waals surface area contributed by atoms with E-state index in [1.54, 1.807) is 14.2 Å². The molecule has 0 aliphatic carbocycles. The Kier molecular flexibility index (Phi) is 60.0. The van der Waals surface area contributed by atoms with Crippen molar-refractivity contribution in [2.45, 2.75) is 27.7 Å². The average molecular weight is 150 g/mol. The highest BCUT2D eigenvalue weighted by Crippen LogP contribution is 1.65. The molecule has 0 N–H and O–H groups in total. The lowest BCUT2D eigenvalue weighted by Gasteiger charge is -1.91. The Hall–Kier alpha value is -0.0800. The first kappa shape index (κ1) is 16.5. The lowest BCUT2D eigenvalue weighted by atomic mass is 10.8. The summed E-state index contributed by atoms with van der Waals surface area (Å²) in [5, 5.41) is 0. The van der Waals surface area contributed by atoms with Crippen LogP contribution in [0.3, 0.4) is 0 Å². The van der Waals surface area contributed by atoms with Crippen LogP contribution in [0.5, 0.6) is 0 Å². The minimum atomic E-state index is 0.691. The second-order valence-corrected chi connectivity index (χ2v) is 0.986. The Morgan fingerprint density at radius 3 is 1.00 bits per heavy atom. The van der Waals surface area contributed by atoms with Crippen LogP contribution in [0.1, 0.15) is 27.7 Å². The fourth-order valence-electron chi connectivity index (χ4n) is 0.167. The summed E-state index contributed by atoms with van der Waals surface area (Å²) < 4.78 is 9.31. The molecule has 0 aromatic carbocycles. The van der Waals surface area contributed by atoms with Gasteiger partial charge in [-0.1, -0.05) is 27.7 Å². The summed E-state index contributed by atoms with van der Waals surface area (Å²) in [6, 6.07) is 0. The maximum absolute atomic E-state index is 4.66. The Bertz CT molecular complexity index is 19.2. The van der Waals surface area contributed by atoms with Gasteiger partial charge in [-0.3, -0.25) is 0 Å². The molecule has 66 valence electrons. The van der Waals surface area contributed by atoms with E-state index in [1.807, 2.05) is 27.7 Å². The van der Waals surface area contributed by atoms with Crippen LogP contribution in [0.25, 0.3) is 0 Å². The van der Waals surface area contributed by atoms with E-state index in [9.17, 15) is 0 Å². The second kappa shape index (κ2) is 36.4. The van der Waals surface area contributed by atoms with Crippen LogP contribution in [-0.2, 0) is 9.47 Å². The molecule has 0 amide bonds. The van der Waals surface area contributed by atoms with Crippen molar-refractivity contribution in [3.63, 3.8) is 0 Å². The molecule has 0 aliphatic rings.